The summed E-state index contributed by atoms with van der Waals surface area (Å²) in [4.78, 5) is 2.39. The second-order valence-corrected chi connectivity index (χ2v) is 18.5. The van der Waals surface area contributed by atoms with Crippen LogP contribution >= 0.6 is 0 Å². The monoisotopic (exact) mass is 854 g/mol. The van der Waals surface area contributed by atoms with Gasteiger partial charge in [-0.2, -0.15) is 0 Å². The van der Waals surface area contributed by atoms with E-state index >= 15 is 0 Å². The van der Waals surface area contributed by atoms with Crippen molar-refractivity contribution < 1.29 is 0 Å². The zero-order chi connectivity index (χ0) is 44.6. The summed E-state index contributed by atoms with van der Waals surface area (Å²) in [5, 5.41) is 8.68. The van der Waals surface area contributed by atoms with Crippen molar-refractivity contribution >= 4 is 60.3 Å². The molecule has 0 atom stereocenters. The van der Waals surface area contributed by atoms with Gasteiger partial charge in [-0.05, 0) is 138 Å². The van der Waals surface area contributed by atoms with Crippen molar-refractivity contribution in [1.82, 2.24) is 4.57 Å². The third-order valence-corrected chi connectivity index (χ3v) is 14.3. The molecule has 12 aromatic rings. The quantitative estimate of drug-likeness (QED) is 0.145. The minimum atomic E-state index is -0.217. The normalized spacial score (nSPS) is 12.7. The zero-order valence-corrected chi connectivity index (χ0v) is 37.5. The maximum atomic E-state index is 2.49. The molecule has 11 aromatic carbocycles. The van der Waals surface area contributed by atoms with Crippen molar-refractivity contribution in [3.05, 3.63) is 254 Å². The highest BCUT2D eigenvalue weighted by molar-refractivity contribution is 6.11. The van der Waals surface area contributed by atoms with Crippen LogP contribution in [0.3, 0.4) is 0 Å². The molecule has 1 aromatic heterocycles. The number of hydrogen-bond acceptors (Lipinski definition) is 1. The molecule has 0 bridgehead atoms. The van der Waals surface area contributed by atoms with Crippen LogP contribution in [0.2, 0.25) is 0 Å². The predicted molar refractivity (Wildman–Crippen MR) is 284 cm³/mol. The molecule has 0 saturated carbocycles. The van der Waals surface area contributed by atoms with Crippen molar-refractivity contribution in [1.29, 1.82) is 0 Å². The first kappa shape index (κ1) is 39.0. The number of para-hydroxylation sites is 2. The Labute approximate surface area is 391 Å². The molecule has 13 rings (SSSR count). The van der Waals surface area contributed by atoms with Crippen LogP contribution in [-0.4, -0.2) is 4.57 Å². The number of nitrogens with zero attached hydrogens (tertiary/aromatic N) is 2. The standard InChI is InChI=1S/C65H46N2/c1-65(2)59-40-47(33-36-56(59)57-41-58-62(42-60(57)65)67(51-26-13-6-14-27-51)64(45-21-9-4-10-22-45)63(58)44-19-7-3-8-20-44)46-32-35-53-48(38-46)30-31-49-39-52(34-37-54(49)53)66(50-24-11-5-12-25-50)61-29-17-23-43-18-15-16-28-55(43)61/h3-42H,1-2H3. The summed E-state index contributed by atoms with van der Waals surface area (Å²) < 4.78 is 2.49. The zero-order valence-electron chi connectivity index (χ0n) is 37.5. The van der Waals surface area contributed by atoms with Gasteiger partial charge in [-0.25, -0.2) is 0 Å². The number of anilines is 3. The van der Waals surface area contributed by atoms with Gasteiger partial charge in [-0.3, -0.25) is 0 Å². The fourth-order valence-electron chi connectivity index (χ4n) is 11.1. The molecule has 0 aliphatic heterocycles. The van der Waals surface area contributed by atoms with Gasteiger partial charge in [0.1, 0.15) is 0 Å². The van der Waals surface area contributed by atoms with Crippen molar-refractivity contribution in [2.24, 2.45) is 0 Å². The van der Waals surface area contributed by atoms with Gasteiger partial charge in [0.05, 0.1) is 16.9 Å². The highest BCUT2D eigenvalue weighted by Gasteiger charge is 2.37. The Bertz CT molecular complexity index is 3860. The first-order valence-electron chi connectivity index (χ1n) is 23.3. The summed E-state index contributed by atoms with van der Waals surface area (Å²) in [7, 11) is 0. The molecule has 0 unspecified atom stereocenters. The van der Waals surface area contributed by atoms with Crippen molar-refractivity contribution in [3.8, 4) is 50.3 Å². The summed E-state index contributed by atoms with van der Waals surface area (Å²) in [6.45, 7) is 4.80. The van der Waals surface area contributed by atoms with E-state index in [1.54, 1.807) is 0 Å². The van der Waals surface area contributed by atoms with E-state index in [1.165, 1.54) is 105 Å². The fraction of sp³-hybridized carbons (Fsp3) is 0.0462. The van der Waals surface area contributed by atoms with Gasteiger partial charge >= 0.3 is 0 Å². The maximum absolute atomic E-state index is 2.49. The van der Waals surface area contributed by atoms with E-state index in [0.717, 1.165) is 17.1 Å². The molecule has 67 heavy (non-hydrogen) atoms. The molecule has 0 radical (unpaired) electrons. The summed E-state index contributed by atoms with van der Waals surface area (Å²) in [5.41, 5.74) is 18.3. The molecule has 2 heteroatoms. The molecule has 1 aliphatic rings. The molecular formula is C65H46N2. The van der Waals surface area contributed by atoms with Crippen LogP contribution in [0.1, 0.15) is 25.0 Å². The van der Waals surface area contributed by atoms with E-state index in [0.29, 0.717) is 0 Å². The van der Waals surface area contributed by atoms with Crippen LogP contribution in [0.25, 0.3) is 93.5 Å². The largest absolute Gasteiger partial charge is 0.310 e. The van der Waals surface area contributed by atoms with Crippen LogP contribution in [-0.2, 0) is 5.41 Å². The van der Waals surface area contributed by atoms with Gasteiger partial charge in [-0.1, -0.05) is 190 Å². The fourth-order valence-corrected chi connectivity index (χ4v) is 11.1. The second-order valence-electron chi connectivity index (χ2n) is 18.5. The van der Waals surface area contributed by atoms with E-state index in [1.807, 2.05) is 0 Å². The number of benzene rings is 11. The van der Waals surface area contributed by atoms with Gasteiger partial charge in [-0.15, -0.1) is 0 Å². The third-order valence-electron chi connectivity index (χ3n) is 14.3. The van der Waals surface area contributed by atoms with Crippen LogP contribution in [0, 0.1) is 0 Å². The van der Waals surface area contributed by atoms with E-state index in [9.17, 15) is 0 Å². The van der Waals surface area contributed by atoms with Crippen LogP contribution in [0.15, 0.2) is 243 Å². The Balaban J connectivity index is 0.913. The van der Waals surface area contributed by atoms with E-state index < -0.39 is 0 Å². The van der Waals surface area contributed by atoms with E-state index in [2.05, 4.69) is 266 Å². The molecule has 0 fully saturated rings. The number of rotatable bonds is 7. The van der Waals surface area contributed by atoms with Crippen molar-refractivity contribution in [2.45, 2.75) is 19.3 Å². The molecular weight excluding hydrogens is 809 g/mol. The van der Waals surface area contributed by atoms with E-state index in [-0.39, 0.29) is 5.41 Å². The lowest BCUT2D eigenvalue weighted by atomic mass is 9.81. The molecule has 1 aliphatic carbocycles. The van der Waals surface area contributed by atoms with Crippen LogP contribution < -0.4 is 4.90 Å². The average Bonchev–Trinajstić information content (AvgIpc) is 3.84. The maximum Gasteiger partial charge on any atom is 0.0619 e. The lowest BCUT2D eigenvalue weighted by Crippen LogP contribution is -2.15. The summed E-state index contributed by atoms with van der Waals surface area (Å²) in [5.74, 6) is 0. The Morgan fingerprint density at radius 1 is 0.358 bits per heavy atom. The van der Waals surface area contributed by atoms with Crippen molar-refractivity contribution in [2.75, 3.05) is 4.90 Å². The second kappa shape index (κ2) is 15.3. The third kappa shape index (κ3) is 6.25. The first-order valence-corrected chi connectivity index (χ1v) is 23.3. The highest BCUT2D eigenvalue weighted by Crippen LogP contribution is 2.54. The minimum Gasteiger partial charge on any atom is -0.310 e. The number of fused-ring (bicyclic) bond motifs is 8. The average molecular weight is 855 g/mol. The van der Waals surface area contributed by atoms with Crippen molar-refractivity contribution in [3.63, 3.8) is 0 Å². The molecule has 0 saturated heterocycles. The van der Waals surface area contributed by atoms with E-state index in [4.69, 9.17) is 0 Å². The number of hydrogen-bond donors (Lipinski definition) is 0. The summed E-state index contributed by atoms with van der Waals surface area (Å²) >= 11 is 0. The van der Waals surface area contributed by atoms with Gasteiger partial charge < -0.3 is 9.47 Å². The molecule has 0 spiro atoms. The topological polar surface area (TPSA) is 8.17 Å². The molecule has 0 N–H and O–H groups in total. The smallest absolute Gasteiger partial charge is 0.0619 e. The Morgan fingerprint density at radius 2 is 0.955 bits per heavy atom. The lowest BCUT2D eigenvalue weighted by Gasteiger charge is -2.27. The molecule has 0 amide bonds. The summed E-state index contributed by atoms with van der Waals surface area (Å²) in [6.07, 6.45) is 0. The van der Waals surface area contributed by atoms with Crippen LogP contribution in [0.5, 0.6) is 0 Å². The Hall–Kier alpha value is -8.46. The summed E-state index contributed by atoms with van der Waals surface area (Å²) in [6, 6.07) is 89.3. The lowest BCUT2D eigenvalue weighted by molar-refractivity contribution is 0.661. The van der Waals surface area contributed by atoms with Crippen LogP contribution in [0.4, 0.5) is 17.1 Å². The molecule has 1 heterocycles. The van der Waals surface area contributed by atoms with Gasteiger partial charge in [0.15, 0.2) is 0 Å². The molecule has 2 nitrogen and oxygen atoms in total. The van der Waals surface area contributed by atoms with Gasteiger partial charge in [0.2, 0.25) is 0 Å². The molecule has 316 valence electrons. The number of aromatic nitrogens is 1. The highest BCUT2D eigenvalue weighted by atomic mass is 15.1. The Morgan fingerprint density at radius 3 is 1.72 bits per heavy atom. The minimum absolute atomic E-state index is 0.217. The first-order chi connectivity index (χ1) is 33.0. The van der Waals surface area contributed by atoms with Gasteiger partial charge in [0, 0.05) is 38.8 Å². The predicted octanol–water partition coefficient (Wildman–Crippen LogP) is 17.9. The SMILES string of the molecule is CC1(C)c2cc(-c3ccc4c(ccc5cc(N(c6ccccc6)c6cccc7ccccc67)ccc54)c3)ccc2-c2cc3c(-c4ccccc4)c(-c4ccccc4)n(-c4ccccc4)c3cc21. The Kier molecular flexibility index (Phi) is 8.91. The van der Waals surface area contributed by atoms with Gasteiger partial charge in [0.25, 0.3) is 0 Å².